The molecule has 0 saturated carbocycles. The third kappa shape index (κ3) is 3.10. The number of alkyl halides is 3. The van der Waals surface area contributed by atoms with Gasteiger partial charge < -0.3 is 10.5 Å². The molecule has 0 spiro atoms. The number of esters is 1. The van der Waals surface area contributed by atoms with Crippen molar-refractivity contribution in [2.45, 2.75) is 12.2 Å². The van der Waals surface area contributed by atoms with Gasteiger partial charge in [0.15, 0.2) is 0 Å². The molecular formula is C10H9ClF3NO2. The van der Waals surface area contributed by atoms with Gasteiger partial charge in [0.2, 0.25) is 0 Å². The van der Waals surface area contributed by atoms with Crippen molar-refractivity contribution in [1.82, 2.24) is 0 Å². The van der Waals surface area contributed by atoms with Crippen molar-refractivity contribution in [3.05, 3.63) is 34.3 Å². The SMILES string of the molecule is COC(=O)C(N)c1ccc(Cl)cc1C(F)(F)F. The van der Waals surface area contributed by atoms with Crippen molar-refractivity contribution in [1.29, 1.82) is 0 Å². The number of hydrogen-bond donors (Lipinski definition) is 1. The molecule has 94 valence electrons. The van der Waals surface area contributed by atoms with Crippen molar-refractivity contribution in [3.8, 4) is 0 Å². The molecule has 17 heavy (non-hydrogen) atoms. The summed E-state index contributed by atoms with van der Waals surface area (Å²) in [6.07, 6.45) is -4.63. The third-order valence-corrected chi connectivity index (χ3v) is 2.35. The van der Waals surface area contributed by atoms with Crippen LogP contribution < -0.4 is 5.73 Å². The van der Waals surface area contributed by atoms with E-state index in [2.05, 4.69) is 4.74 Å². The lowest BCUT2D eigenvalue weighted by Gasteiger charge is -2.16. The van der Waals surface area contributed by atoms with Crippen LogP contribution in [0.25, 0.3) is 0 Å². The first kappa shape index (κ1) is 13.8. The van der Waals surface area contributed by atoms with Gasteiger partial charge in [0.1, 0.15) is 6.04 Å². The van der Waals surface area contributed by atoms with Crippen LogP contribution in [0.1, 0.15) is 17.2 Å². The first-order chi connectivity index (χ1) is 7.77. The lowest BCUT2D eigenvalue weighted by molar-refractivity contribution is -0.144. The minimum atomic E-state index is -4.63. The maximum absolute atomic E-state index is 12.7. The molecule has 0 amide bonds. The summed E-state index contributed by atoms with van der Waals surface area (Å²) in [5.74, 6) is -0.946. The second kappa shape index (κ2) is 4.93. The molecule has 0 aliphatic rings. The van der Waals surface area contributed by atoms with Gasteiger partial charge in [-0.25, -0.2) is 0 Å². The molecule has 1 unspecified atom stereocenters. The largest absolute Gasteiger partial charge is 0.468 e. The molecule has 0 aromatic heterocycles. The predicted octanol–water partition coefficient (Wildman–Crippen LogP) is 2.53. The van der Waals surface area contributed by atoms with Crippen LogP contribution in [0.2, 0.25) is 5.02 Å². The average molecular weight is 268 g/mol. The molecule has 0 radical (unpaired) electrons. The minimum Gasteiger partial charge on any atom is -0.468 e. The maximum Gasteiger partial charge on any atom is 0.416 e. The Bertz CT molecular complexity index is 434. The van der Waals surface area contributed by atoms with Gasteiger partial charge in [-0.1, -0.05) is 17.7 Å². The summed E-state index contributed by atoms with van der Waals surface area (Å²) in [4.78, 5) is 11.1. The van der Waals surface area contributed by atoms with Crippen LogP contribution in [-0.4, -0.2) is 13.1 Å². The van der Waals surface area contributed by atoms with Gasteiger partial charge in [0.25, 0.3) is 0 Å². The normalized spacial score (nSPS) is 13.3. The van der Waals surface area contributed by atoms with E-state index >= 15 is 0 Å². The zero-order valence-electron chi connectivity index (χ0n) is 8.72. The Labute approximate surface area is 100 Å². The number of carbonyl (C=O) groups excluding carboxylic acids is 1. The monoisotopic (exact) mass is 267 g/mol. The Balaban J connectivity index is 3.29. The quantitative estimate of drug-likeness (QED) is 0.838. The van der Waals surface area contributed by atoms with Crippen LogP contribution in [0.3, 0.4) is 0 Å². The van der Waals surface area contributed by atoms with Crippen molar-refractivity contribution < 1.29 is 22.7 Å². The predicted molar refractivity (Wildman–Crippen MR) is 55.4 cm³/mol. The molecule has 0 bridgehead atoms. The number of halogens is 4. The highest BCUT2D eigenvalue weighted by Gasteiger charge is 2.36. The molecule has 0 heterocycles. The van der Waals surface area contributed by atoms with E-state index in [1.165, 1.54) is 6.07 Å². The number of nitrogens with two attached hydrogens (primary N) is 1. The van der Waals surface area contributed by atoms with Crippen molar-refractivity contribution in [3.63, 3.8) is 0 Å². The topological polar surface area (TPSA) is 52.3 Å². The van der Waals surface area contributed by atoms with E-state index in [0.717, 1.165) is 19.2 Å². The molecule has 1 rings (SSSR count). The highest BCUT2D eigenvalue weighted by atomic mass is 35.5. The molecule has 7 heteroatoms. The van der Waals surface area contributed by atoms with E-state index in [1.54, 1.807) is 0 Å². The lowest BCUT2D eigenvalue weighted by Crippen LogP contribution is -2.25. The first-order valence-corrected chi connectivity index (χ1v) is 4.85. The summed E-state index contributed by atoms with van der Waals surface area (Å²) in [7, 11) is 1.05. The molecule has 2 N–H and O–H groups in total. The van der Waals surface area contributed by atoms with Gasteiger partial charge in [0.05, 0.1) is 12.7 Å². The Hall–Kier alpha value is -1.27. The van der Waals surface area contributed by atoms with Gasteiger partial charge in [-0.2, -0.15) is 13.2 Å². The smallest absolute Gasteiger partial charge is 0.416 e. The van der Waals surface area contributed by atoms with Crippen molar-refractivity contribution >= 4 is 17.6 Å². The zero-order chi connectivity index (χ0) is 13.2. The Morgan fingerprint density at radius 2 is 2.06 bits per heavy atom. The van der Waals surface area contributed by atoms with E-state index in [1.807, 2.05) is 0 Å². The van der Waals surface area contributed by atoms with Gasteiger partial charge in [0, 0.05) is 5.02 Å². The molecule has 0 aliphatic carbocycles. The van der Waals surface area contributed by atoms with E-state index < -0.39 is 23.8 Å². The fraction of sp³-hybridized carbons (Fsp3) is 0.300. The molecule has 0 saturated heterocycles. The van der Waals surface area contributed by atoms with Crippen molar-refractivity contribution in [2.75, 3.05) is 7.11 Å². The Kier molecular flexibility index (Phi) is 4.00. The van der Waals surface area contributed by atoms with Crippen LogP contribution in [-0.2, 0) is 15.7 Å². The van der Waals surface area contributed by atoms with Gasteiger partial charge >= 0.3 is 12.1 Å². The van der Waals surface area contributed by atoms with Crippen LogP contribution >= 0.6 is 11.6 Å². The average Bonchev–Trinajstić information content (AvgIpc) is 2.25. The molecule has 1 atom stereocenters. The Morgan fingerprint density at radius 3 is 2.53 bits per heavy atom. The molecule has 1 aromatic rings. The molecule has 3 nitrogen and oxygen atoms in total. The highest BCUT2D eigenvalue weighted by molar-refractivity contribution is 6.30. The van der Waals surface area contributed by atoms with Crippen molar-refractivity contribution in [2.24, 2.45) is 5.73 Å². The van der Waals surface area contributed by atoms with E-state index in [-0.39, 0.29) is 10.6 Å². The molecular weight excluding hydrogens is 259 g/mol. The summed E-state index contributed by atoms with van der Waals surface area (Å²) in [5, 5.41) is -0.0851. The first-order valence-electron chi connectivity index (χ1n) is 4.47. The van der Waals surface area contributed by atoms with Crippen LogP contribution in [0, 0.1) is 0 Å². The second-order valence-corrected chi connectivity index (χ2v) is 3.67. The number of ether oxygens (including phenoxy) is 1. The fourth-order valence-corrected chi connectivity index (χ4v) is 1.47. The summed E-state index contributed by atoms with van der Waals surface area (Å²) in [6, 6.07) is 1.52. The number of benzene rings is 1. The Morgan fingerprint density at radius 1 is 1.47 bits per heavy atom. The van der Waals surface area contributed by atoms with Gasteiger partial charge in [-0.15, -0.1) is 0 Å². The van der Waals surface area contributed by atoms with Crippen LogP contribution in [0.15, 0.2) is 18.2 Å². The standard InChI is InChI=1S/C10H9ClF3NO2/c1-17-9(16)8(15)6-3-2-5(11)4-7(6)10(12,13)14/h2-4,8H,15H2,1H3. The minimum absolute atomic E-state index is 0.0851. The summed E-state index contributed by atoms with van der Waals surface area (Å²) in [5.41, 5.74) is 3.97. The van der Waals surface area contributed by atoms with E-state index in [0.29, 0.717) is 0 Å². The second-order valence-electron chi connectivity index (χ2n) is 3.23. The van der Waals surface area contributed by atoms with Gasteiger partial charge in [-0.3, -0.25) is 4.79 Å². The van der Waals surface area contributed by atoms with E-state index in [9.17, 15) is 18.0 Å². The van der Waals surface area contributed by atoms with Crippen LogP contribution in [0.5, 0.6) is 0 Å². The summed E-state index contributed by atoms with van der Waals surface area (Å²) >= 11 is 5.48. The molecule has 0 fully saturated rings. The number of hydrogen-bond acceptors (Lipinski definition) is 3. The van der Waals surface area contributed by atoms with E-state index in [4.69, 9.17) is 17.3 Å². The summed E-state index contributed by atoms with van der Waals surface area (Å²) < 4.78 is 42.4. The third-order valence-electron chi connectivity index (χ3n) is 2.11. The molecule has 1 aromatic carbocycles. The number of carbonyl (C=O) groups is 1. The zero-order valence-corrected chi connectivity index (χ0v) is 9.47. The van der Waals surface area contributed by atoms with Crippen LogP contribution in [0.4, 0.5) is 13.2 Å². The fourth-order valence-electron chi connectivity index (χ4n) is 1.30. The highest BCUT2D eigenvalue weighted by Crippen LogP contribution is 2.35. The number of rotatable bonds is 2. The summed E-state index contributed by atoms with van der Waals surface area (Å²) in [6.45, 7) is 0. The molecule has 0 aliphatic heterocycles. The maximum atomic E-state index is 12.7. The number of methoxy groups -OCH3 is 1. The van der Waals surface area contributed by atoms with Gasteiger partial charge in [-0.05, 0) is 17.7 Å². The lowest BCUT2D eigenvalue weighted by atomic mass is 10.0.